The highest BCUT2D eigenvalue weighted by Gasteiger charge is 2.37. The number of nitrogens with zero attached hydrogens (tertiary/aromatic N) is 3. The third-order valence-electron chi connectivity index (χ3n) is 7.36. The lowest BCUT2D eigenvalue weighted by molar-refractivity contribution is -0.164. The maximum atomic E-state index is 13.4. The van der Waals surface area contributed by atoms with E-state index in [0.717, 1.165) is 62.5 Å². The maximum Gasteiger partial charge on any atom is 0.339 e. The normalized spacial score (nSPS) is 14.1. The average molecular weight is 528 g/mol. The molecule has 1 aliphatic heterocycles. The highest BCUT2D eigenvalue weighted by molar-refractivity contribution is 6.08. The number of aromatic nitrogens is 2. The van der Waals surface area contributed by atoms with Gasteiger partial charge in [0.2, 0.25) is 0 Å². The van der Waals surface area contributed by atoms with E-state index in [2.05, 4.69) is 60.6 Å². The highest BCUT2D eigenvalue weighted by atomic mass is 16.6. The van der Waals surface area contributed by atoms with Gasteiger partial charge in [0.25, 0.3) is 0 Å². The van der Waals surface area contributed by atoms with Crippen LogP contribution < -0.4 is 4.90 Å². The molecule has 0 radical (unpaired) electrons. The predicted octanol–water partition coefficient (Wildman–Crippen LogP) is 6.30. The lowest BCUT2D eigenvalue weighted by atomic mass is 9.86. The molecule has 0 amide bonds. The Hall–Kier alpha value is -3.68. The van der Waals surface area contributed by atoms with Gasteiger partial charge in [-0.1, -0.05) is 35.9 Å². The fourth-order valence-corrected chi connectivity index (χ4v) is 5.67. The number of ether oxygens (including phenoxy) is 2. The molecule has 2 aromatic heterocycles. The van der Waals surface area contributed by atoms with Gasteiger partial charge in [0, 0.05) is 29.7 Å². The Kier molecular flexibility index (Phi) is 6.99. The smallest absolute Gasteiger partial charge is 0.339 e. The van der Waals surface area contributed by atoms with E-state index in [1.165, 1.54) is 7.11 Å². The lowest BCUT2D eigenvalue weighted by Crippen LogP contribution is -2.32. The van der Waals surface area contributed by atoms with Gasteiger partial charge in [-0.25, -0.2) is 9.78 Å². The van der Waals surface area contributed by atoms with Crippen LogP contribution in [0.2, 0.25) is 0 Å². The summed E-state index contributed by atoms with van der Waals surface area (Å²) in [5.41, 5.74) is 8.15. The summed E-state index contributed by atoms with van der Waals surface area (Å²) in [5, 5.41) is 10.8. The molecule has 39 heavy (non-hydrogen) atoms. The van der Waals surface area contributed by atoms with Gasteiger partial charge in [-0.2, -0.15) is 0 Å². The molecule has 0 saturated heterocycles. The molecular weight excluding hydrogens is 490 g/mol. The number of carbonyl (C=O) groups excluding carboxylic acids is 1. The summed E-state index contributed by atoms with van der Waals surface area (Å²) in [6.45, 7) is 13.5. The molecule has 1 atom stereocenters. The molecule has 5 rings (SSSR count). The number of methoxy groups -OCH3 is 1. The van der Waals surface area contributed by atoms with Crippen molar-refractivity contribution in [1.82, 2.24) is 9.55 Å². The molecule has 1 N–H and O–H groups in total. The highest BCUT2D eigenvalue weighted by Crippen LogP contribution is 2.49. The summed E-state index contributed by atoms with van der Waals surface area (Å²) >= 11 is 0. The summed E-state index contributed by atoms with van der Waals surface area (Å²) in [6.07, 6.45) is -0.934. The Morgan fingerprint density at radius 1 is 1.08 bits per heavy atom. The van der Waals surface area contributed by atoms with Crippen LogP contribution in [0.25, 0.3) is 22.0 Å². The van der Waals surface area contributed by atoms with Crippen molar-refractivity contribution in [2.24, 2.45) is 0 Å². The third-order valence-corrected chi connectivity index (χ3v) is 7.36. The van der Waals surface area contributed by atoms with Crippen LogP contribution in [-0.4, -0.2) is 39.9 Å². The van der Waals surface area contributed by atoms with Gasteiger partial charge in [-0.3, -0.25) is 0 Å². The molecule has 0 fully saturated rings. The zero-order valence-electron chi connectivity index (χ0n) is 23.8. The molecule has 3 heterocycles. The van der Waals surface area contributed by atoms with E-state index in [9.17, 15) is 9.90 Å². The van der Waals surface area contributed by atoms with Crippen molar-refractivity contribution < 1.29 is 19.4 Å². The van der Waals surface area contributed by atoms with Crippen molar-refractivity contribution in [2.45, 2.75) is 66.4 Å². The van der Waals surface area contributed by atoms with Gasteiger partial charge >= 0.3 is 5.97 Å². The monoisotopic (exact) mass is 527 g/mol. The molecule has 1 aliphatic rings. The first-order valence-electron chi connectivity index (χ1n) is 13.4. The third kappa shape index (κ3) is 4.81. The Morgan fingerprint density at radius 3 is 2.44 bits per heavy atom. The summed E-state index contributed by atoms with van der Waals surface area (Å²) in [5.74, 6) is 0.323. The Morgan fingerprint density at radius 2 is 1.79 bits per heavy atom. The van der Waals surface area contributed by atoms with Gasteiger partial charge in [0.1, 0.15) is 5.82 Å². The molecule has 7 heteroatoms. The van der Waals surface area contributed by atoms with Crippen LogP contribution in [0.3, 0.4) is 0 Å². The molecular formula is C32H37N3O4. The van der Waals surface area contributed by atoms with Crippen LogP contribution in [0.4, 0.5) is 11.5 Å². The average Bonchev–Trinajstić information content (AvgIpc) is 3.25. The fourth-order valence-electron chi connectivity index (χ4n) is 5.67. The van der Waals surface area contributed by atoms with Gasteiger partial charge in [0.15, 0.2) is 6.10 Å². The van der Waals surface area contributed by atoms with Crippen LogP contribution >= 0.6 is 0 Å². The van der Waals surface area contributed by atoms with Crippen molar-refractivity contribution in [3.8, 4) is 11.1 Å². The van der Waals surface area contributed by atoms with Crippen molar-refractivity contribution in [3.05, 3.63) is 76.6 Å². The van der Waals surface area contributed by atoms with E-state index in [4.69, 9.17) is 14.5 Å². The minimum absolute atomic E-state index is 0.132. The first-order valence-corrected chi connectivity index (χ1v) is 13.4. The molecule has 7 nitrogen and oxygen atoms in total. The molecule has 0 saturated carbocycles. The summed E-state index contributed by atoms with van der Waals surface area (Å²) < 4.78 is 14.2. The largest absolute Gasteiger partial charge is 0.467 e. The van der Waals surface area contributed by atoms with Crippen molar-refractivity contribution in [3.63, 3.8) is 0 Å². The van der Waals surface area contributed by atoms with E-state index < -0.39 is 17.7 Å². The fraction of sp³-hybridized carbons (Fsp3) is 0.375. The zero-order chi connectivity index (χ0) is 28.1. The first kappa shape index (κ1) is 26.9. The summed E-state index contributed by atoms with van der Waals surface area (Å²) in [7, 11) is 1.40. The number of benzene rings is 2. The van der Waals surface area contributed by atoms with Gasteiger partial charge < -0.3 is 24.0 Å². The number of aliphatic hydroxyl groups is 1. The van der Waals surface area contributed by atoms with Crippen molar-refractivity contribution in [2.75, 3.05) is 18.6 Å². The number of hydrogen-bond donors (Lipinski definition) is 1. The number of rotatable bonds is 6. The van der Waals surface area contributed by atoms with E-state index in [0.29, 0.717) is 12.2 Å². The molecule has 204 valence electrons. The van der Waals surface area contributed by atoms with Gasteiger partial charge in [0.05, 0.1) is 36.2 Å². The number of hydrogen-bond acceptors (Lipinski definition) is 6. The molecule has 4 aromatic rings. The van der Waals surface area contributed by atoms with Gasteiger partial charge in [-0.05, 0) is 76.4 Å². The van der Waals surface area contributed by atoms with Crippen LogP contribution in [0.15, 0.2) is 48.5 Å². The van der Waals surface area contributed by atoms with Crippen LogP contribution in [0, 0.1) is 20.8 Å². The summed E-state index contributed by atoms with van der Waals surface area (Å²) in [6, 6.07) is 16.3. The Balaban J connectivity index is 1.90. The number of carbonyl (C=O) groups is 1. The minimum atomic E-state index is -0.934. The predicted molar refractivity (Wildman–Crippen MR) is 154 cm³/mol. The number of pyridine rings is 1. The second kappa shape index (κ2) is 10.1. The number of anilines is 2. The van der Waals surface area contributed by atoms with Crippen molar-refractivity contribution >= 4 is 28.4 Å². The van der Waals surface area contributed by atoms with Gasteiger partial charge in [-0.15, -0.1) is 0 Å². The quantitative estimate of drug-likeness (QED) is 0.297. The summed E-state index contributed by atoms with van der Waals surface area (Å²) in [4.78, 5) is 20.4. The van der Waals surface area contributed by atoms with Crippen LogP contribution in [0.5, 0.6) is 0 Å². The molecule has 0 unspecified atom stereocenters. The molecule has 2 aromatic carbocycles. The SMILES string of the molecule is COC(=O)[C@@H](OC(C)(C)C)c1c(C)c2c3c(cc(C)n3CCN2c2cccc(CO)n2)c1-c1ccc(C)cc1. The second-order valence-corrected chi connectivity index (χ2v) is 11.3. The van der Waals surface area contributed by atoms with E-state index >= 15 is 0 Å². The second-order valence-electron chi connectivity index (χ2n) is 11.3. The van der Waals surface area contributed by atoms with Crippen LogP contribution in [-0.2, 0) is 27.4 Å². The van der Waals surface area contributed by atoms with E-state index in [1.807, 2.05) is 39.0 Å². The lowest BCUT2D eigenvalue weighted by Gasteiger charge is -2.35. The van der Waals surface area contributed by atoms with Crippen LogP contribution in [0.1, 0.15) is 55.0 Å². The standard InChI is InChI=1S/C32H37N3O4/c1-19-11-13-22(14-12-19)27-24-17-20(2)34-15-16-35(25-10-8-9-23(18-36)33-25)28(29(24)34)21(3)26(27)30(31(37)38-7)39-32(4,5)6/h8-14,17,30,36H,15-16,18H2,1-7H3/t30-/m0/s1. The number of aryl methyl sites for hydroxylation is 2. The minimum Gasteiger partial charge on any atom is -0.467 e. The number of aliphatic hydroxyl groups excluding tert-OH is 1. The van der Waals surface area contributed by atoms with Crippen molar-refractivity contribution in [1.29, 1.82) is 0 Å². The van der Waals surface area contributed by atoms with E-state index in [1.54, 1.807) is 0 Å². The maximum absolute atomic E-state index is 13.4. The molecule has 0 aliphatic carbocycles. The zero-order valence-corrected chi connectivity index (χ0v) is 23.8. The van der Waals surface area contributed by atoms with E-state index in [-0.39, 0.29) is 6.61 Å². The topological polar surface area (TPSA) is 76.8 Å². The molecule has 0 spiro atoms. The Bertz CT molecular complexity index is 1550. The Labute approximate surface area is 230 Å². The first-order chi connectivity index (χ1) is 18.5. The molecule has 0 bridgehead atoms. The number of esters is 1.